The zero-order valence-electron chi connectivity index (χ0n) is 1.47. The van der Waals surface area contributed by atoms with Gasteiger partial charge in [-0.3, -0.25) is 0 Å². The Morgan fingerprint density at radius 1 is 0.500 bits per heavy atom. The average molecular weight is 304 g/mol. The van der Waals surface area contributed by atoms with Crippen molar-refractivity contribution in [1.29, 1.82) is 0 Å². The van der Waals surface area contributed by atoms with E-state index in [9.17, 15) is 0 Å². The molecule has 0 rings (SSSR count). The molecule has 0 aliphatic carbocycles. The molecular formula is BkF3. The van der Waals surface area contributed by atoms with E-state index in [1.807, 2.05) is 0 Å². The first-order chi connectivity index (χ1) is 0. The molecule has 0 aromatic rings. The third kappa shape index (κ3) is 0.0238. The second-order valence-corrected chi connectivity index (χ2v) is 0. The summed E-state index contributed by atoms with van der Waals surface area (Å²) in [5, 5.41) is 0. The quantitative estimate of drug-likeness (QED) is 0.417. The molecule has 0 amide bonds. The third-order valence-corrected chi connectivity index (χ3v) is 0. The van der Waals surface area contributed by atoms with Gasteiger partial charge in [0.15, 0.2) is 0 Å². The van der Waals surface area contributed by atoms with Crippen molar-refractivity contribution in [3.63, 3.8) is 0 Å². The first kappa shape index (κ1) is 6.11. The molecule has 4 heavy (non-hydrogen) atoms. The second-order valence-electron chi connectivity index (χ2n) is 0. The predicted octanol–water partition coefficient (Wildman–Crippen LogP) is -8.99. The molecule has 0 saturated carbocycles. The van der Waals surface area contributed by atoms with Crippen LogP contribution in [-0.2, 0) is 0 Å². The summed E-state index contributed by atoms with van der Waals surface area (Å²) in [4.78, 5) is 0. The molecule has 0 atom stereocenters. The van der Waals surface area contributed by atoms with E-state index >= 15 is 0 Å². The maximum atomic E-state index is 0. The van der Waals surface area contributed by atoms with Gasteiger partial charge in [-0.25, -0.2) is 0 Å². The molecule has 4 heteroatoms. The number of hydrogen-bond donors (Lipinski definition) is 0. The Bertz CT molecular complexity index is 3.25. The first-order valence-electron chi connectivity index (χ1n) is 0. The van der Waals surface area contributed by atoms with Crippen molar-refractivity contribution in [3.05, 3.63) is 0 Å². The van der Waals surface area contributed by atoms with Gasteiger partial charge in [0.25, 0.3) is 0 Å². The standard InChI is InChI=1S/Bk.3FH/h;3*1H/q+3;;;/p-3. The van der Waals surface area contributed by atoms with E-state index in [-0.39, 0.29) is 14.1 Å². The van der Waals surface area contributed by atoms with E-state index in [2.05, 4.69) is 0 Å². The van der Waals surface area contributed by atoms with E-state index in [0.717, 1.165) is 0 Å². The Morgan fingerprint density at radius 3 is 0.500 bits per heavy atom. The zero-order chi connectivity index (χ0) is 0. The van der Waals surface area contributed by atoms with Crippen molar-refractivity contribution < 1.29 is 14.1 Å². The molecule has 0 aliphatic rings. The molecule has 0 N–H and O–H groups in total. The Hall–Kier alpha value is -1.21. The summed E-state index contributed by atoms with van der Waals surface area (Å²) in [5.41, 5.74) is 0. The van der Waals surface area contributed by atoms with Crippen molar-refractivity contribution in [3.8, 4) is 0 Å². The van der Waals surface area contributed by atoms with Crippen LogP contribution in [-0.4, -0.2) is 0 Å². The van der Waals surface area contributed by atoms with Crippen molar-refractivity contribution >= 4 is 0 Å². The average Bonchev–Trinajstić information content (AvgIpc) is 0. The summed E-state index contributed by atoms with van der Waals surface area (Å²) in [6.07, 6.45) is 0. The van der Waals surface area contributed by atoms with E-state index in [1.54, 1.807) is 0 Å². The second kappa shape index (κ2) is 0.763. The van der Waals surface area contributed by atoms with E-state index in [1.165, 1.54) is 0 Å². The Morgan fingerprint density at radius 2 is 0.500 bits per heavy atom. The molecule has 0 fully saturated rings. The van der Waals surface area contributed by atoms with Gasteiger partial charge in [0.05, 0.1) is 0 Å². The minimum atomic E-state index is 0. The molecule has 0 aromatic carbocycles. The fourth-order valence-electron chi connectivity index (χ4n) is 0. The smallest absolute Gasteiger partial charge is 1.00 e. The van der Waals surface area contributed by atoms with Crippen LogP contribution >= 0.6 is 0 Å². The largest absolute Gasteiger partial charge is 3.00 e. The van der Waals surface area contributed by atoms with Crippen molar-refractivity contribution in [2.45, 2.75) is 0 Å². The van der Waals surface area contributed by atoms with Gasteiger partial charge in [0.2, 0.25) is 0 Å². The summed E-state index contributed by atoms with van der Waals surface area (Å²) >= 11 is 0. The molecule has 0 nitrogen and oxygen atoms in total. The van der Waals surface area contributed by atoms with Gasteiger partial charge in [0.1, 0.15) is 0 Å². The summed E-state index contributed by atoms with van der Waals surface area (Å²) < 4.78 is 0. The summed E-state index contributed by atoms with van der Waals surface area (Å²) in [6.45, 7) is 0. The molecule has 0 aliphatic heterocycles. The molecule has 0 heterocycles. The van der Waals surface area contributed by atoms with E-state index in [0.29, 0.717) is 0 Å². The molecule has 0 bridgehead atoms. The zero-order valence-corrected chi connectivity index (χ0v) is 4.24. The Balaban J connectivity index is 0. The molecule has 0 unspecified atom stereocenters. The van der Waals surface area contributed by atoms with Gasteiger partial charge in [0, 0.05) is 0 Å². The van der Waals surface area contributed by atoms with Crippen LogP contribution in [0.2, 0.25) is 0 Å². The molecular weight excluding hydrogens is 304 g/mol. The molecule has 0 spiro atoms. The SMILES string of the molecule is [Bk+3].[F-].[F-].[F-]. The van der Waals surface area contributed by atoms with Crippen LogP contribution < -0.4 is 14.1 Å². The fourth-order valence-corrected chi connectivity index (χ4v) is 0. The van der Waals surface area contributed by atoms with Gasteiger partial charge in [-0.1, -0.05) is 0 Å². The van der Waals surface area contributed by atoms with Crippen molar-refractivity contribution in [1.82, 2.24) is 0 Å². The third-order valence-electron chi connectivity index (χ3n) is 0. The molecule has 30 valence electrons. The van der Waals surface area contributed by atoms with Crippen molar-refractivity contribution in [2.75, 3.05) is 0 Å². The van der Waals surface area contributed by atoms with E-state index in [4.69, 9.17) is 0 Å². The maximum Gasteiger partial charge on any atom is 3.00 e. The van der Waals surface area contributed by atoms with Crippen molar-refractivity contribution in [2.24, 2.45) is 0 Å². The van der Waals surface area contributed by atoms with Crippen LogP contribution in [0.25, 0.3) is 0 Å². The predicted molar refractivity (Wildman–Crippen MR) is 0 cm³/mol. The number of rotatable bonds is 0. The summed E-state index contributed by atoms with van der Waals surface area (Å²) in [6, 6.07) is 0. The first-order valence-corrected chi connectivity index (χ1v) is 0. The Labute approximate surface area is 15.6 Å². The number of hydrogen-bond acceptors (Lipinski definition) is 0. The van der Waals surface area contributed by atoms with Crippen LogP contribution in [0, 0.1) is 0 Å². The monoisotopic (exact) mass is 304 g/mol. The van der Waals surface area contributed by atoms with Crippen LogP contribution in [0.15, 0.2) is 0 Å². The normalized spacial score (nSPS) is 0. The van der Waals surface area contributed by atoms with Crippen LogP contribution in [0.5, 0.6) is 0 Å². The molecule has 0 saturated heterocycles. The van der Waals surface area contributed by atoms with Gasteiger partial charge in [-0.05, 0) is 0 Å². The maximum absolute atomic E-state index is 0. The van der Waals surface area contributed by atoms with Gasteiger partial charge in [-0.15, -0.1) is 0 Å². The molecule has 0 aromatic heterocycles. The minimum absolute atomic E-state index is 0. The van der Waals surface area contributed by atoms with Crippen LogP contribution in [0.4, 0.5) is 0 Å². The fraction of sp³-hybridized carbons (Fsp3) is 0. The summed E-state index contributed by atoms with van der Waals surface area (Å²) in [5.74, 6) is 0. The van der Waals surface area contributed by atoms with Gasteiger partial charge in [-0.2, -0.15) is 0 Å². The van der Waals surface area contributed by atoms with Gasteiger partial charge < -0.3 is 14.1 Å². The molecule has 0 radical (unpaired) electrons. The van der Waals surface area contributed by atoms with Gasteiger partial charge >= 0.3 is 0 Å². The topological polar surface area (TPSA) is 0 Å². The minimum Gasteiger partial charge on any atom is -1.00 e. The van der Waals surface area contributed by atoms with E-state index < -0.39 is 0 Å². The van der Waals surface area contributed by atoms with Crippen LogP contribution in [0.1, 0.15) is 0 Å². The number of halogens is 3. The van der Waals surface area contributed by atoms with Crippen LogP contribution in [0.3, 0.4) is 0 Å². The Kier molecular flexibility index (Phi) is 1.16. The summed E-state index contributed by atoms with van der Waals surface area (Å²) in [7, 11) is 0.